The minimum absolute atomic E-state index is 0.168. The lowest BCUT2D eigenvalue weighted by Gasteiger charge is -2.11. The molecule has 0 saturated carbocycles. The zero-order valence-corrected chi connectivity index (χ0v) is 13.0. The number of anilines is 2. The van der Waals surface area contributed by atoms with Crippen molar-refractivity contribution in [2.45, 2.75) is 19.8 Å². The second-order valence-corrected chi connectivity index (χ2v) is 5.47. The molecule has 5 heteroatoms. The number of hydrogen-bond acceptors (Lipinski definition) is 3. The third kappa shape index (κ3) is 3.95. The standard InChI is InChI=1S/C16H18ClN3O/c1-10(2)14-8-11(9-15(18-3)20-14)16(21)19-13-6-4-12(17)5-7-13/h4-10H,1-3H3,(H,18,20)(H,19,21). The molecule has 110 valence electrons. The topological polar surface area (TPSA) is 54.0 Å². The smallest absolute Gasteiger partial charge is 0.255 e. The molecule has 1 heterocycles. The Hall–Kier alpha value is -2.07. The third-order valence-electron chi connectivity index (χ3n) is 3.06. The van der Waals surface area contributed by atoms with Crippen LogP contribution in [0.3, 0.4) is 0 Å². The molecule has 2 aromatic rings. The van der Waals surface area contributed by atoms with E-state index in [1.807, 2.05) is 19.9 Å². The molecule has 0 spiro atoms. The zero-order valence-electron chi connectivity index (χ0n) is 12.3. The monoisotopic (exact) mass is 303 g/mol. The molecular weight excluding hydrogens is 286 g/mol. The van der Waals surface area contributed by atoms with E-state index < -0.39 is 0 Å². The van der Waals surface area contributed by atoms with Crippen molar-refractivity contribution < 1.29 is 4.79 Å². The van der Waals surface area contributed by atoms with Gasteiger partial charge in [0.05, 0.1) is 0 Å². The molecule has 0 fully saturated rings. The van der Waals surface area contributed by atoms with Crippen molar-refractivity contribution in [2.75, 3.05) is 17.7 Å². The van der Waals surface area contributed by atoms with E-state index in [0.717, 1.165) is 5.69 Å². The summed E-state index contributed by atoms with van der Waals surface area (Å²) in [6.07, 6.45) is 0. The summed E-state index contributed by atoms with van der Waals surface area (Å²) in [5.41, 5.74) is 2.16. The van der Waals surface area contributed by atoms with Crippen LogP contribution in [-0.4, -0.2) is 17.9 Å². The lowest BCUT2D eigenvalue weighted by Crippen LogP contribution is -2.13. The second kappa shape index (κ2) is 6.59. The van der Waals surface area contributed by atoms with Crippen molar-refractivity contribution in [1.29, 1.82) is 0 Å². The fourth-order valence-corrected chi connectivity index (χ4v) is 1.97. The van der Waals surface area contributed by atoms with Gasteiger partial charge in [-0.1, -0.05) is 25.4 Å². The van der Waals surface area contributed by atoms with Crippen LogP contribution in [0.15, 0.2) is 36.4 Å². The average molecular weight is 304 g/mol. The summed E-state index contributed by atoms with van der Waals surface area (Å²) in [6, 6.07) is 10.6. The van der Waals surface area contributed by atoms with Crippen LogP contribution in [-0.2, 0) is 0 Å². The molecular formula is C16H18ClN3O. The molecule has 0 radical (unpaired) electrons. The van der Waals surface area contributed by atoms with Crippen molar-refractivity contribution >= 4 is 29.0 Å². The summed E-state index contributed by atoms with van der Waals surface area (Å²) in [5, 5.41) is 6.47. The maximum Gasteiger partial charge on any atom is 0.255 e. The zero-order chi connectivity index (χ0) is 15.4. The van der Waals surface area contributed by atoms with E-state index in [1.54, 1.807) is 37.4 Å². The summed E-state index contributed by atoms with van der Waals surface area (Å²) >= 11 is 5.83. The summed E-state index contributed by atoms with van der Waals surface area (Å²) in [5.74, 6) is 0.765. The molecule has 21 heavy (non-hydrogen) atoms. The number of hydrogen-bond donors (Lipinski definition) is 2. The predicted molar refractivity (Wildman–Crippen MR) is 87.3 cm³/mol. The normalized spacial score (nSPS) is 10.5. The fourth-order valence-electron chi connectivity index (χ4n) is 1.84. The van der Waals surface area contributed by atoms with E-state index in [4.69, 9.17) is 11.6 Å². The van der Waals surface area contributed by atoms with E-state index in [1.165, 1.54) is 0 Å². The molecule has 0 aliphatic heterocycles. The van der Waals surface area contributed by atoms with Gasteiger partial charge in [0.25, 0.3) is 5.91 Å². The van der Waals surface area contributed by atoms with Gasteiger partial charge >= 0.3 is 0 Å². The average Bonchev–Trinajstić information content (AvgIpc) is 2.49. The Balaban J connectivity index is 2.25. The van der Waals surface area contributed by atoms with Gasteiger partial charge in [-0.3, -0.25) is 4.79 Å². The number of nitrogens with zero attached hydrogens (tertiary/aromatic N) is 1. The Morgan fingerprint density at radius 3 is 2.43 bits per heavy atom. The van der Waals surface area contributed by atoms with Crippen LogP contribution in [0.25, 0.3) is 0 Å². The van der Waals surface area contributed by atoms with Gasteiger partial charge in [-0.05, 0) is 42.3 Å². The third-order valence-corrected chi connectivity index (χ3v) is 3.31. The highest BCUT2D eigenvalue weighted by Gasteiger charge is 2.11. The minimum Gasteiger partial charge on any atom is -0.373 e. The first-order chi connectivity index (χ1) is 9.99. The lowest BCUT2D eigenvalue weighted by molar-refractivity contribution is 0.102. The number of aromatic nitrogens is 1. The summed E-state index contributed by atoms with van der Waals surface area (Å²) in [4.78, 5) is 16.8. The van der Waals surface area contributed by atoms with Crippen LogP contribution in [0.2, 0.25) is 5.02 Å². The Morgan fingerprint density at radius 1 is 1.19 bits per heavy atom. The van der Waals surface area contributed by atoms with E-state index in [2.05, 4.69) is 15.6 Å². The molecule has 0 unspecified atom stereocenters. The molecule has 1 aromatic carbocycles. The first-order valence-corrected chi connectivity index (χ1v) is 7.14. The van der Waals surface area contributed by atoms with Crippen LogP contribution < -0.4 is 10.6 Å². The van der Waals surface area contributed by atoms with Gasteiger partial charge in [0.1, 0.15) is 5.82 Å². The predicted octanol–water partition coefficient (Wildman–Crippen LogP) is 4.15. The molecule has 1 amide bonds. The van der Waals surface area contributed by atoms with Gasteiger partial charge in [-0.15, -0.1) is 0 Å². The van der Waals surface area contributed by atoms with Crippen molar-refractivity contribution in [2.24, 2.45) is 0 Å². The van der Waals surface area contributed by atoms with Gasteiger partial charge in [0.2, 0.25) is 0 Å². The number of carbonyl (C=O) groups is 1. The molecule has 1 aromatic heterocycles. The molecule has 0 atom stereocenters. The largest absolute Gasteiger partial charge is 0.373 e. The highest BCUT2D eigenvalue weighted by atomic mass is 35.5. The minimum atomic E-state index is -0.168. The first kappa shape index (κ1) is 15.3. The fraction of sp³-hybridized carbons (Fsp3) is 0.250. The number of amides is 1. The van der Waals surface area contributed by atoms with Crippen LogP contribution >= 0.6 is 11.6 Å². The van der Waals surface area contributed by atoms with Gasteiger partial charge in [-0.2, -0.15) is 0 Å². The van der Waals surface area contributed by atoms with Crippen LogP contribution in [0.4, 0.5) is 11.5 Å². The van der Waals surface area contributed by atoms with Crippen molar-refractivity contribution in [1.82, 2.24) is 4.98 Å². The van der Waals surface area contributed by atoms with E-state index in [0.29, 0.717) is 22.1 Å². The lowest BCUT2D eigenvalue weighted by atomic mass is 10.1. The van der Waals surface area contributed by atoms with Crippen LogP contribution in [0.5, 0.6) is 0 Å². The van der Waals surface area contributed by atoms with Gasteiger partial charge < -0.3 is 10.6 Å². The van der Waals surface area contributed by atoms with Gasteiger partial charge in [0, 0.05) is 29.0 Å². The maximum atomic E-state index is 12.3. The molecule has 0 saturated heterocycles. The molecule has 0 bridgehead atoms. The number of rotatable bonds is 4. The van der Waals surface area contributed by atoms with Crippen LogP contribution in [0, 0.1) is 0 Å². The highest BCUT2D eigenvalue weighted by Crippen LogP contribution is 2.19. The van der Waals surface area contributed by atoms with Gasteiger partial charge in [0.15, 0.2) is 0 Å². The molecule has 4 nitrogen and oxygen atoms in total. The van der Waals surface area contributed by atoms with Crippen molar-refractivity contribution in [3.63, 3.8) is 0 Å². The number of pyridine rings is 1. The Labute approximate surface area is 129 Å². The summed E-state index contributed by atoms with van der Waals surface area (Å²) < 4.78 is 0. The SMILES string of the molecule is CNc1cc(C(=O)Nc2ccc(Cl)cc2)cc(C(C)C)n1. The Kier molecular flexibility index (Phi) is 4.81. The van der Waals surface area contributed by atoms with Gasteiger partial charge in [-0.25, -0.2) is 4.98 Å². The van der Waals surface area contributed by atoms with E-state index >= 15 is 0 Å². The molecule has 2 rings (SSSR count). The second-order valence-electron chi connectivity index (χ2n) is 5.03. The number of nitrogens with one attached hydrogen (secondary N) is 2. The van der Waals surface area contributed by atoms with E-state index in [-0.39, 0.29) is 11.8 Å². The first-order valence-electron chi connectivity index (χ1n) is 6.76. The summed E-state index contributed by atoms with van der Waals surface area (Å²) in [6.45, 7) is 4.09. The van der Waals surface area contributed by atoms with Crippen molar-refractivity contribution in [3.8, 4) is 0 Å². The summed E-state index contributed by atoms with van der Waals surface area (Å²) in [7, 11) is 1.79. The molecule has 0 aliphatic rings. The van der Waals surface area contributed by atoms with E-state index in [9.17, 15) is 4.79 Å². The maximum absolute atomic E-state index is 12.3. The quantitative estimate of drug-likeness (QED) is 0.892. The molecule has 2 N–H and O–H groups in total. The number of halogens is 1. The van der Waals surface area contributed by atoms with Crippen molar-refractivity contribution in [3.05, 3.63) is 52.7 Å². The number of benzene rings is 1. The highest BCUT2D eigenvalue weighted by molar-refractivity contribution is 6.30. The number of carbonyl (C=O) groups excluding carboxylic acids is 1. The Bertz CT molecular complexity index is 638. The molecule has 0 aliphatic carbocycles. The Morgan fingerprint density at radius 2 is 1.86 bits per heavy atom. The van der Waals surface area contributed by atoms with Crippen LogP contribution in [0.1, 0.15) is 35.8 Å².